The molecule has 0 spiro atoms. The van der Waals surface area contributed by atoms with Crippen LogP contribution in [0.15, 0.2) is 36.4 Å². The van der Waals surface area contributed by atoms with E-state index in [9.17, 15) is 10.1 Å². The number of hydrogen-bond donors (Lipinski definition) is 0. The normalized spacial score (nSPS) is 10.3. The Morgan fingerprint density at radius 3 is 2.60 bits per heavy atom. The Morgan fingerprint density at radius 2 is 2.00 bits per heavy atom. The van der Waals surface area contributed by atoms with E-state index in [1.54, 1.807) is 37.3 Å². The molecule has 0 N–H and O–H groups in total. The average molecular weight is 312 g/mol. The number of benzene rings is 2. The van der Waals surface area contributed by atoms with Gasteiger partial charge in [0, 0.05) is 17.0 Å². The maximum atomic E-state index is 11.0. The highest BCUT2D eigenvalue weighted by Crippen LogP contribution is 2.33. The third-order valence-corrected chi connectivity index (χ3v) is 3.35. The number of hydrogen-bond acceptors (Lipinski definition) is 3. The molecule has 0 bridgehead atoms. The SMILES string of the molecule is Cc1ccc(Oc2ccc(CCl)c(Cl)c2)c([N+](=O)[O-])c1. The molecule has 0 aliphatic heterocycles. The van der Waals surface area contributed by atoms with Gasteiger partial charge in [0.05, 0.1) is 4.92 Å². The van der Waals surface area contributed by atoms with E-state index >= 15 is 0 Å². The van der Waals surface area contributed by atoms with Crippen LogP contribution < -0.4 is 4.74 Å². The highest BCUT2D eigenvalue weighted by Gasteiger charge is 2.16. The molecule has 6 heteroatoms. The van der Waals surface area contributed by atoms with Crippen LogP contribution in [-0.4, -0.2) is 4.92 Å². The summed E-state index contributed by atoms with van der Waals surface area (Å²) in [6, 6.07) is 9.76. The predicted octanol–water partition coefficient (Wildman–Crippen LogP) is 5.09. The maximum absolute atomic E-state index is 11.0. The van der Waals surface area contributed by atoms with Crippen molar-refractivity contribution in [1.82, 2.24) is 0 Å². The summed E-state index contributed by atoms with van der Waals surface area (Å²) < 4.78 is 5.54. The van der Waals surface area contributed by atoms with Crippen molar-refractivity contribution in [3.63, 3.8) is 0 Å². The Bertz CT molecular complexity index is 659. The van der Waals surface area contributed by atoms with Gasteiger partial charge in [-0.15, -0.1) is 11.6 Å². The molecule has 0 fully saturated rings. The van der Waals surface area contributed by atoms with E-state index in [4.69, 9.17) is 27.9 Å². The van der Waals surface area contributed by atoms with Gasteiger partial charge in [0.1, 0.15) is 5.75 Å². The molecule has 0 saturated heterocycles. The van der Waals surface area contributed by atoms with Crippen molar-refractivity contribution in [1.29, 1.82) is 0 Å². The maximum Gasteiger partial charge on any atom is 0.311 e. The van der Waals surface area contributed by atoms with Crippen LogP contribution in [0.5, 0.6) is 11.5 Å². The number of aryl methyl sites for hydroxylation is 1. The second-order valence-electron chi connectivity index (χ2n) is 4.22. The van der Waals surface area contributed by atoms with E-state index in [1.165, 1.54) is 6.07 Å². The van der Waals surface area contributed by atoms with Gasteiger partial charge < -0.3 is 4.74 Å². The fourth-order valence-corrected chi connectivity index (χ4v) is 2.22. The van der Waals surface area contributed by atoms with Crippen molar-refractivity contribution in [2.45, 2.75) is 12.8 Å². The predicted molar refractivity (Wildman–Crippen MR) is 78.9 cm³/mol. The average Bonchev–Trinajstić information content (AvgIpc) is 2.41. The summed E-state index contributed by atoms with van der Waals surface area (Å²) in [5.74, 6) is 0.898. The van der Waals surface area contributed by atoms with Crippen molar-refractivity contribution in [3.8, 4) is 11.5 Å². The van der Waals surface area contributed by atoms with E-state index in [2.05, 4.69) is 0 Å². The molecule has 4 nitrogen and oxygen atoms in total. The number of halogens is 2. The van der Waals surface area contributed by atoms with E-state index in [-0.39, 0.29) is 11.4 Å². The number of nitrogens with zero attached hydrogens (tertiary/aromatic N) is 1. The molecule has 0 saturated carbocycles. The molecule has 2 aromatic carbocycles. The smallest absolute Gasteiger partial charge is 0.311 e. The Balaban J connectivity index is 2.35. The molecule has 0 amide bonds. The van der Waals surface area contributed by atoms with E-state index in [0.29, 0.717) is 16.7 Å². The van der Waals surface area contributed by atoms with Crippen molar-refractivity contribution in [2.75, 3.05) is 0 Å². The first kappa shape index (κ1) is 14.6. The standard InChI is InChI=1S/C14H11Cl2NO3/c1-9-2-5-14(13(6-9)17(18)19)20-11-4-3-10(8-15)12(16)7-11/h2-7H,8H2,1H3. The number of nitro groups is 1. The van der Waals surface area contributed by atoms with E-state index in [1.807, 2.05) is 0 Å². The summed E-state index contributed by atoms with van der Waals surface area (Å²) in [6.07, 6.45) is 0. The second-order valence-corrected chi connectivity index (χ2v) is 4.89. The number of alkyl halides is 1. The lowest BCUT2D eigenvalue weighted by atomic mass is 10.2. The highest BCUT2D eigenvalue weighted by molar-refractivity contribution is 6.32. The van der Waals surface area contributed by atoms with Crippen LogP contribution in [0.25, 0.3) is 0 Å². The Morgan fingerprint density at radius 1 is 1.25 bits per heavy atom. The molecular formula is C14H11Cl2NO3. The first-order chi connectivity index (χ1) is 9.51. The van der Waals surface area contributed by atoms with Gasteiger partial charge in [0.2, 0.25) is 5.75 Å². The topological polar surface area (TPSA) is 52.4 Å². The van der Waals surface area contributed by atoms with Crippen molar-refractivity contribution < 1.29 is 9.66 Å². The second kappa shape index (κ2) is 6.11. The van der Waals surface area contributed by atoms with Crippen molar-refractivity contribution in [3.05, 3.63) is 62.7 Å². The molecule has 0 aliphatic rings. The summed E-state index contributed by atoms with van der Waals surface area (Å²) in [6.45, 7) is 1.78. The van der Waals surface area contributed by atoms with Crippen LogP contribution in [0.2, 0.25) is 5.02 Å². The summed E-state index contributed by atoms with van der Waals surface area (Å²) in [5, 5.41) is 11.5. The van der Waals surface area contributed by atoms with Crippen LogP contribution in [0.1, 0.15) is 11.1 Å². The molecule has 0 unspecified atom stereocenters. The zero-order valence-electron chi connectivity index (χ0n) is 10.6. The lowest BCUT2D eigenvalue weighted by Gasteiger charge is -2.08. The summed E-state index contributed by atoms with van der Waals surface area (Å²) in [4.78, 5) is 10.5. The molecule has 0 atom stereocenters. The van der Waals surface area contributed by atoms with Crippen LogP contribution in [-0.2, 0) is 5.88 Å². The van der Waals surface area contributed by atoms with Gasteiger partial charge in [-0.2, -0.15) is 0 Å². The molecule has 0 heterocycles. The van der Waals surface area contributed by atoms with Gasteiger partial charge in [-0.1, -0.05) is 23.7 Å². The van der Waals surface area contributed by atoms with Gasteiger partial charge in [-0.3, -0.25) is 10.1 Å². The number of ether oxygens (including phenoxy) is 1. The quantitative estimate of drug-likeness (QED) is 0.449. The molecule has 0 aliphatic carbocycles. The van der Waals surface area contributed by atoms with Crippen LogP contribution >= 0.6 is 23.2 Å². The third kappa shape index (κ3) is 3.21. The minimum absolute atomic E-state index is 0.0810. The lowest BCUT2D eigenvalue weighted by Crippen LogP contribution is -1.94. The number of nitro benzene ring substituents is 1. The molecule has 0 aromatic heterocycles. The molecule has 2 aromatic rings. The zero-order valence-corrected chi connectivity index (χ0v) is 12.1. The zero-order chi connectivity index (χ0) is 14.7. The monoisotopic (exact) mass is 311 g/mol. The van der Waals surface area contributed by atoms with Gasteiger partial charge >= 0.3 is 5.69 Å². The summed E-state index contributed by atoms with van der Waals surface area (Å²) >= 11 is 11.7. The molecule has 0 radical (unpaired) electrons. The molecule has 20 heavy (non-hydrogen) atoms. The Kier molecular flexibility index (Phi) is 4.47. The Hall–Kier alpha value is -1.78. The van der Waals surface area contributed by atoms with Crippen LogP contribution in [0.4, 0.5) is 5.69 Å². The Labute approximate surface area is 126 Å². The third-order valence-electron chi connectivity index (χ3n) is 2.71. The van der Waals surface area contributed by atoms with E-state index < -0.39 is 4.92 Å². The minimum atomic E-state index is -0.475. The van der Waals surface area contributed by atoms with Gasteiger partial charge in [0.15, 0.2) is 0 Å². The summed E-state index contributed by atoms with van der Waals surface area (Å²) in [7, 11) is 0. The number of rotatable bonds is 4. The molecule has 104 valence electrons. The molecule has 2 rings (SSSR count). The van der Waals surface area contributed by atoms with Crippen molar-refractivity contribution >= 4 is 28.9 Å². The van der Waals surface area contributed by atoms with Crippen LogP contribution in [0.3, 0.4) is 0 Å². The largest absolute Gasteiger partial charge is 0.450 e. The summed E-state index contributed by atoms with van der Waals surface area (Å²) in [5.41, 5.74) is 1.49. The first-order valence-electron chi connectivity index (χ1n) is 5.78. The van der Waals surface area contributed by atoms with Gasteiger partial charge in [-0.25, -0.2) is 0 Å². The lowest BCUT2D eigenvalue weighted by molar-refractivity contribution is -0.385. The minimum Gasteiger partial charge on any atom is -0.450 e. The van der Waals surface area contributed by atoms with Gasteiger partial charge in [0.25, 0.3) is 0 Å². The highest BCUT2D eigenvalue weighted by atomic mass is 35.5. The van der Waals surface area contributed by atoms with Gasteiger partial charge in [-0.05, 0) is 36.2 Å². The molecular weight excluding hydrogens is 301 g/mol. The van der Waals surface area contributed by atoms with E-state index in [0.717, 1.165) is 11.1 Å². The fourth-order valence-electron chi connectivity index (χ4n) is 1.68. The first-order valence-corrected chi connectivity index (χ1v) is 6.70. The fraction of sp³-hybridized carbons (Fsp3) is 0.143. The van der Waals surface area contributed by atoms with Crippen molar-refractivity contribution in [2.24, 2.45) is 0 Å². The van der Waals surface area contributed by atoms with Crippen LogP contribution in [0, 0.1) is 17.0 Å².